The molecule has 14 N–H and O–H groups in total. The molecular formula is C25H35N9O8. The number of nitrogens with two attached hydrogens (primary N) is 4. The number of hydrogen-bond acceptors (Lipinski definition) is 8. The first-order valence-electron chi connectivity index (χ1n) is 12.8. The van der Waals surface area contributed by atoms with Gasteiger partial charge in [0.2, 0.25) is 23.6 Å². The molecule has 4 amide bonds. The maximum Gasteiger partial charge on any atom is 0.326 e. The van der Waals surface area contributed by atoms with Crippen molar-refractivity contribution < 1.29 is 39.0 Å². The summed E-state index contributed by atoms with van der Waals surface area (Å²) in [6.07, 6.45) is 0.335. The first kappa shape index (κ1) is 33.0. The molecular weight excluding hydrogens is 554 g/mol. The predicted octanol–water partition coefficient (Wildman–Crippen LogP) is -3.02. The number of nitrogens with one attached hydrogen (secondary N) is 4. The summed E-state index contributed by atoms with van der Waals surface area (Å²) >= 11 is 0. The Morgan fingerprint density at radius 2 is 1.48 bits per heavy atom. The van der Waals surface area contributed by atoms with Gasteiger partial charge in [0.25, 0.3) is 0 Å². The van der Waals surface area contributed by atoms with Crippen LogP contribution in [0.2, 0.25) is 0 Å². The van der Waals surface area contributed by atoms with Gasteiger partial charge in [-0.15, -0.1) is 0 Å². The van der Waals surface area contributed by atoms with Gasteiger partial charge in [0.1, 0.15) is 18.1 Å². The van der Waals surface area contributed by atoms with Crippen LogP contribution in [0.15, 0.2) is 35.5 Å². The molecule has 42 heavy (non-hydrogen) atoms. The zero-order chi connectivity index (χ0) is 31.4. The molecule has 4 unspecified atom stereocenters. The molecule has 0 radical (unpaired) electrons. The predicted molar refractivity (Wildman–Crippen MR) is 149 cm³/mol. The van der Waals surface area contributed by atoms with Gasteiger partial charge in [-0.05, 0) is 30.9 Å². The van der Waals surface area contributed by atoms with Gasteiger partial charge in [-0.2, -0.15) is 0 Å². The largest absolute Gasteiger partial charge is 0.481 e. The molecule has 0 aliphatic carbocycles. The van der Waals surface area contributed by atoms with Gasteiger partial charge in [-0.3, -0.25) is 29.0 Å². The number of carboxylic acids is 2. The minimum absolute atomic E-state index is 0.0180. The number of benzene rings is 1. The van der Waals surface area contributed by atoms with E-state index in [0.717, 1.165) is 16.5 Å². The van der Waals surface area contributed by atoms with Crippen molar-refractivity contribution in [3.05, 3.63) is 36.0 Å². The van der Waals surface area contributed by atoms with Crippen molar-refractivity contribution in [3.8, 4) is 0 Å². The number of hydrogen-bond donors (Lipinski definition) is 10. The van der Waals surface area contributed by atoms with Crippen molar-refractivity contribution in [3.63, 3.8) is 0 Å². The van der Waals surface area contributed by atoms with Gasteiger partial charge < -0.3 is 54.1 Å². The number of aromatic amines is 1. The second-order valence-electron chi connectivity index (χ2n) is 9.41. The Bertz CT molecular complexity index is 1340. The molecule has 2 rings (SSSR count). The number of aromatic nitrogens is 1. The summed E-state index contributed by atoms with van der Waals surface area (Å²) in [5.41, 5.74) is 23.6. The Labute approximate surface area is 239 Å². The van der Waals surface area contributed by atoms with Crippen LogP contribution in [-0.4, -0.2) is 87.4 Å². The second-order valence-corrected chi connectivity index (χ2v) is 9.41. The topological polar surface area (TPSA) is 311 Å². The average Bonchev–Trinajstić information content (AvgIpc) is 3.31. The Morgan fingerprint density at radius 3 is 2.10 bits per heavy atom. The molecule has 0 saturated heterocycles. The van der Waals surface area contributed by atoms with Crippen LogP contribution in [0.1, 0.15) is 31.2 Å². The second kappa shape index (κ2) is 15.6. The van der Waals surface area contributed by atoms with Crippen LogP contribution >= 0.6 is 0 Å². The number of fused-ring (bicyclic) bond motifs is 1. The maximum atomic E-state index is 13.2. The summed E-state index contributed by atoms with van der Waals surface area (Å²) in [5, 5.41) is 25.8. The molecule has 0 aliphatic rings. The van der Waals surface area contributed by atoms with Gasteiger partial charge in [0.05, 0.1) is 18.9 Å². The van der Waals surface area contributed by atoms with E-state index in [-0.39, 0.29) is 31.8 Å². The summed E-state index contributed by atoms with van der Waals surface area (Å²) in [7, 11) is 0. The zero-order valence-corrected chi connectivity index (χ0v) is 22.5. The summed E-state index contributed by atoms with van der Waals surface area (Å²) < 4.78 is 0. The molecule has 0 aliphatic heterocycles. The van der Waals surface area contributed by atoms with Crippen LogP contribution in [0.5, 0.6) is 0 Å². The number of guanidine groups is 1. The lowest BCUT2D eigenvalue weighted by Gasteiger charge is -2.24. The Kier molecular flexibility index (Phi) is 12.2. The molecule has 4 atom stereocenters. The fourth-order valence-corrected chi connectivity index (χ4v) is 4.01. The highest BCUT2D eigenvalue weighted by molar-refractivity contribution is 5.96. The summed E-state index contributed by atoms with van der Waals surface area (Å²) in [6.45, 7) is 0.101. The van der Waals surface area contributed by atoms with Crippen molar-refractivity contribution in [1.82, 2.24) is 20.9 Å². The lowest BCUT2D eigenvalue weighted by atomic mass is 10.0. The van der Waals surface area contributed by atoms with Crippen LogP contribution in [0.4, 0.5) is 0 Å². The Balaban J connectivity index is 2.19. The molecule has 17 nitrogen and oxygen atoms in total. The molecule has 0 fully saturated rings. The van der Waals surface area contributed by atoms with E-state index in [1.54, 1.807) is 6.20 Å². The van der Waals surface area contributed by atoms with Crippen LogP contribution in [0.25, 0.3) is 10.9 Å². The third kappa shape index (κ3) is 10.4. The third-order valence-electron chi connectivity index (χ3n) is 6.06. The van der Waals surface area contributed by atoms with Gasteiger partial charge in [0.15, 0.2) is 5.96 Å². The van der Waals surface area contributed by atoms with Gasteiger partial charge in [-0.1, -0.05) is 18.2 Å². The van der Waals surface area contributed by atoms with E-state index in [0.29, 0.717) is 0 Å². The van der Waals surface area contributed by atoms with Crippen LogP contribution < -0.4 is 38.9 Å². The molecule has 1 heterocycles. The van der Waals surface area contributed by atoms with E-state index >= 15 is 0 Å². The first-order chi connectivity index (χ1) is 19.8. The van der Waals surface area contributed by atoms with Crippen molar-refractivity contribution in [1.29, 1.82) is 0 Å². The summed E-state index contributed by atoms with van der Waals surface area (Å²) in [5.74, 6) is -7.14. The van der Waals surface area contributed by atoms with Crippen molar-refractivity contribution in [2.24, 2.45) is 27.9 Å². The molecule has 0 spiro atoms. The quantitative estimate of drug-likeness (QED) is 0.0503. The number of H-pyrrole nitrogens is 1. The fraction of sp³-hybridized carbons (Fsp3) is 0.400. The summed E-state index contributed by atoms with van der Waals surface area (Å²) in [4.78, 5) is 79.8. The highest BCUT2D eigenvalue weighted by atomic mass is 16.4. The number of aliphatic imine (C=N–C) groups is 1. The fourth-order valence-electron chi connectivity index (χ4n) is 4.01. The SMILES string of the molecule is NC(=O)CC(NC(=O)C(CCCN=C(N)N)NC(=O)C(N)Cc1c[nH]c2ccccc12)C(=O)NC(CC(=O)O)C(=O)O. The average molecular weight is 590 g/mol. The number of aliphatic carboxylic acids is 2. The standard InChI is InChI=1S/C25H35N9O8/c26-14(8-12-11-31-15-5-2-1-4-13(12)15)21(38)32-16(6-3-7-30-25(28)29)22(39)33-17(9-19(27)35)23(40)34-18(24(41)42)10-20(36)37/h1-2,4-5,11,14,16-18,31H,3,6-10,26H2,(H2,27,35)(H,32,38)(H,33,39)(H,34,40)(H,36,37)(H,41,42)(H4,28,29,30). The highest BCUT2D eigenvalue weighted by Gasteiger charge is 2.32. The molecule has 1 aromatic carbocycles. The number of nitrogens with zero attached hydrogens (tertiary/aromatic N) is 1. The number of carboxylic acid groups (broad SMARTS) is 2. The van der Waals surface area contributed by atoms with E-state index in [2.05, 4.69) is 20.6 Å². The van der Waals surface area contributed by atoms with E-state index in [1.807, 2.05) is 29.6 Å². The van der Waals surface area contributed by atoms with Crippen LogP contribution in [0, 0.1) is 0 Å². The first-order valence-corrected chi connectivity index (χ1v) is 12.8. The number of carbonyl (C=O) groups is 6. The highest BCUT2D eigenvalue weighted by Crippen LogP contribution is 2.19. The normalized spacial score (nSPS) is 13.6. The third-order valence-corrected chi connectivity index (χ3v) is 6.06. The van der Waals surface area contributed by atoms with Gasteiger partial charge >= 0.3 is 11.9 Å². The molecule has 2 aromatic rings. The van der Waals surface area contributed by atoms with Crippen LogP contribution in [-0.2, 0) is 35.2 Å². The molecule has 228 valence electrons. The Morgan fingerprint density at radius 1 is 0.857 bits per heavy atom. The van der Waals surface area contributed by atoms with Crippen molar-refractivity contribution in [2.45, 2.75) is 56.3 Å². The maximum absolute atomic E-state index is 13.2. The van der Waals surface area contributed by atoms with Crippen molar-refractivity contribution in [2.75, 3.05) is 6.54 Å². The molecule has 17 heteroatoms. The van der Waals surface area contributed by atoms with Gasteiger partial charge in [-0.25, -0.2) is 4.79 Å². The van der Waals surface area contributed by atoms with E-state index in [4.69, 9.17) is 28.0 Å². The smallest absolute Gasteiger partial charge is 0.326 e. The van der Waals surface area contributed by atoms with Crippen molar-refractivity contribution >= 4 is 52.4 Å². The number of carbonyl (C=O) groups excluding carboxylic acids is 4. The molecule has 0 saturated carbocycles. The van der Waals surface area contributed by atoms with E-state index in [9.17, 15) is 33.9 Å². The van der Waals surface area contributed by atoms with E-state index in [1.165, 1.54) is 0 Å². The zero-order valence-electron chi connectivity index (χ0n) is 22.5. The lowest BCUT2D eigenvalue weighted by Crippen LogP contribution is -2.58. The number of primary amides is 1. The monoisotopic (exact) mass is 589 g/mol. The molecule has 0 bridgehead atoms. The lowest BCUT2D eigenvalue weighted by molar-refractivity contribution is -0.147. The van der Waals surface area contributed by atoms with Gasteiger partial charge in [0, 0.05) is 23.6 Å². The number of rotatable bonds is 17. The molecule has 1 aromatic heterocycles. The minimum Gasteiger partial charge on any atom is -0.481 e. The minimum atomic E-state index is -1.85. The Hall–Kier alpha value is -5.19. The van der Waals surface area contributed by atoms with Crippen LogP contribution in [0.3, 0.4) is 0 Å². The van der Waals surface area contributed by atoms with E-state index < -0.39 is 72.6 Å². The summed E-state index contributed by atoms with van der Waals surface area (Å²) in [6, 6.07) is 1.53. The number of para-hydroxylation sites is 1. The number of amides is 4.